The molecule has 0 spiro atoms. The summed E-state index contributed by atoms with van der Waals surface area (Å²) in [5, 5.41) is 6.73. The van der Waals surface area contributed by atoms with Gasteiger partial charge >= 0.3 is 0 Å². The van der Waals surface area contributed by atoms with Gasteiger partial charge in [-0.3, -0.25) is 0 Å². The van der Waals surface area contributed by atoms with E-state index < -0.39 is 0 Å². The highest BCUT2D eigenvalue weighted by Crippen LogP contribution is 1.83. The Morgan fingerprint density at radius 1 is 0.533 bits per heavy atom. The SMILES string of the molecule is N=C/C=C/C=C/C=C/C=C/C=C/C=C/N. The van der Waals surface area contributed by atoms with Crippen LogP contribution in [-0.4, -0.2) is 6.21 Å². The van der Waals surface area contributed by atoms with Crippen molar-refractivity contribution in [3.05, 3.63) is 73.0 Å². The van der Waals surface area contributed by atoms with Crippen LogP contribution in [-0.2, 0) is 0 Å². The summed E-state index contributed by atoms with van der Waals surface area (Å²) >= 11 is 0. The first-order valence-electron chi connectivity index (χ1n) is 4.62. The van der Waals surface area contributed by atoms with Crippen LogP contribution in [0.25, 0.3) is 0 Å². The first kappa shape index (κ1) is 12.9. The number of hydrogen-bond acceptors (Lipinski definition) is 2. The highest BCUT2D eigenvalue weighted by Gasteiger charge is 1.62. The van der Waals surface area contributed by atoms with Crippen LogP contribution in [0, 0.1) is 5.41 Å². The molecular formula is C13H16N2. The summed E-state index contributed by atoms with van der Waals surface area (Å²) in [5.74, 6) is 0. The molecule has 0 aliphatic heterocycles. The molecule has 0 bridgehead atoms. The first-order valence-corrected chi connectivity index (χ1v) is 4.62. The number of rotatable bonds is 6. The van der Waals surface area contributed by atoms with Gasteiger partial charge in [0.2, 0.25) is 0 Å². The van der Waals surface area contributed by atoms with Crippen LogP contribution in [0.5, 0.6) is 0 Å². The van der Waals surface area contributed by atoms with Gasteiger partial charge in [-0.15, -0.1) is 0 Å². The van der Waals surface area contributed by atoms with E-state index in [-0.39, 0.29) is 0 Å². The van der Waals surface area contributed by atoms with Crippen LogP contribution >= 0.6 is 0 Å². The van der Waals surface area contributed by atoms with Gasteiger partial charge in [-0.1, -0.05) is 54.7 Å². The van der Waals surface area contributed by atoms with Crippen molar-refractivity contribution in [3.63, 3.8) is 0 Å². The van der Waals surface area contributed by atoms with E-state index in [1.807, 2.05) is 48.6 Å². The Labute approximate surface area is 91.0 Å². The maximum Gasteiger partial charge on any atom is 0.0177 e. The fourth-order valence-corrected chi connectivity index (χ4v) is 0.697. The third-order valence-electron chi connectivity index (χ3n) is 1.32. The quantitative estimate of drug-likeness (QED) is 0.502. The number of hydrogen-bond donors (Lipinski definition) is 2. The summed E-state index contributed by atoms with van der Waals surface area (Å²) in [5.41, 5.74) is 5.15. The Bertz CT molecular complexity index is 315. The largest absolute Gasteiger partial charge is 0.405 e. The highest BCUT2D eigenvalue weighted by atomic mass is 14.5. The summed E-state index contributed by atoms with van der Waals surface area (Å²) in [6.45, 7) is 0. The molecule has 78 valence electrons. The fraction of sp³-hybridized carbons (Fsp3) is 0. The van der Waals surface area contributed by atoms with Gasteiger partial charge in [-0.2, -0.15) is 0 Å². The van der Waals surface area contributed by atoms with Crippen molar-refractivity contribution in [3.8, 4) is 0 Å². The topological polar surface area (TPSA) is 49.9 Å². The molecule has 2 nitrogen and oxygen atoms in total. The smallest absolute Gasteiger partial charge is 0.0177 e. The monoisotopic (exact) mass is 200 g/mol. The maximum atomic E-state index is 6.73. The average Bonchev–Trinajstić information content (AvgIpc) is 2.26. The van der Waals surface area contributed by atoms with Crippen molar-refractivity contribution < 1.29 is 0 Å². The van der Waals surface area contributed by atoms with Crippen LogP contribution in [0.4, 0.5) is 0 Å². The number of nitrogens with two attached hydrogens (primary N) is 1. The molecule has 15 heavy (non-hydrogen) atoms. The summed E-state index contributed by atoms with van der Waals surface area (Å²) in [6, 6.07) is 0. The predicted molar refractivity (Wildman–Crippen MR) is 67.8 cm³/mol. The van der Waals surface area contributed by atoms with E-state index >= 15 is 0 Å². The number of allylic oxidation sites excluding steroid dienone is 11. The minimum absolute atomic E-state index is 1.24. The molecule has 0 atom stereocenters. The first-order chi connectivity index (χ1) is 7.41. The summed E-state index contributed by atoms with van der Waals surface area (Å²) in [7, 11) is 0. The van der Waals surface area contributed by atoms with E-state index in [1.165, 1.54) is 12.4 Å². The zero-order chi connectivity index (χ0) is 11.2. The lowest BCUT2D eigenvalue weighted by molar-refractivity contribution is 1.58. The summed E-state index contributed by atoms with van der Waals surface area (Å²) < 4.78 is 0. The van der Waals surface area contributed by atoms with Crippen molar-refractivity contribution in [2.24, 2.45) is 5.73 Å². The van der Waals surface area contributed by atoms with Crippen molar-refractivity contribution in [1.82, 2.24) is 0 Å². The molecule has 0 aromatic rings. The molecule has 0 radical (unpaired) electrons. The molecule has 0 fully saturated rings. The second kappa shape index (κ2) is 11.9. The van der Waals surface area contributed by atoms with E-state index in [1.54, 1.807) is 18.2 Å². The Hall–Kier alpha value is -2.09. The third kappa shape index (κ3) is 11.9. The Morgan fingerprint density at radius 3 is 1.20 bits per heavy atom. The van der Waals surface area contributed by atoms with Gasteiger partial charge in [0.25, 0.3) is 0 Å². The predicted octanol–water partition coefficient (Wildman–Crippen LogP) is 2.89. The lowest BCUT2D eigenvalue weighted by Gasteiger charge is -1.74. The Kier molecular flexibility index (Phi) is 10.3. The molecule has 0 aliphatic rings. The zero-order valence-electron chi connectivity index (χ0n) is 8.58. The lowest BCUT2D eigenvalue weighted by Crippen LogP contribution is -1.71. The van der Waals surface area contributed by atoms with Crippen molar-refractivity contribution in [2.75, 3.05) is 0 Å². The summed E-state index contributed by atoms with van der Waals surface area (Å²) in [4.78, 5) is 0. The van der Waals surface area contributed by atoms with Gasteiger partial charge < -0.3 is 11.1 Å². The lowest BCUT2D eigenvalue weighted by atomic mass is 10.3. The molecule has 0 unspecified atom stereocenters. The molecule has 0 aromatic heterocycles. The molecule has 0 rings (SSSR count). The minimum atomic E-state index is 1.24. The van der Waals surface area contributed by atoms with E-state index in [4.69, 9.17) is 11.1 Å². The summed E-state index contributed by atoms with van der Waals surface area (Å²) in [6.07, 6.45) is 23.1. The Balaban J connectivity index is 3.74. The van der Waals surface area contributed by atoms with E-state index in [9.17, 15) is 0 Å². The van der Waals surface area contributed by atoms with Gasteiger partial charge in [-0.05, 0) is 18.4 Å². The highest BCUT2D eigenvalue weighted by molar-refractivity contribution is 5.68. The maximum absolute atomic E-state index is 6.73. The van der Waals surface area contributed by atoms with Gasteiger partial charge in [0.15, 0.2) is 0 Å². The normalized spacial score (nSPS) is 13.6. The third-order valence-corrected chi connectivity index (χ3v) is 1.32. The molecule has 0 aromatic carbocycles. The van der Waals surface area contributed by atoms with Crippen LogP contribution < -0.4 is 5.73 Å². The average molecular weight is 200 g/mol. The van der Waals surface area contributed by atoms with E-state index in [0.29, 0.717) is 0 Å². The molecule has 0 heterocycles. The molecule has 0 aliphatic carbocycles. The van der Waals surface area contributed by atoms with Crippen LogP contribution in [0.15, 0.2) is 73.0 Å². The second-order valence-electron chi connectivity index (χ2n) is 2.48. The fourth-order valence-electron chi connectivity index (χ4n) is 0.697. The molecule has 0 saturated heterocycles. The Morgan fingerprint density at radius 2 is 0.867 bits per heavy atom. The minimum Gasteiger partial charge on any atom is -0.405 e. The molecular weight excluding hydrogens is 184 g/mol. The van der Waals surface area contributed by atoms with Crippen molar-refractivity contribution in [2.45, 2.75) is 0 Å². The van der Waals surface area contributed by atoms with Crippen LogP contribution in [0.3, 0.4) is 0 Å². The standard InChI is InChI=1S/C13H16N2/c14-12-10-8-6-4-2-1-3-5-7-9-11-13-15/h1-14H,15H2/b2-1+,5-3+,6-4+,9-7+,10-8+,13-11+,14-12?. The molecule has 0 saturated carbocycles. The van der Waals surface area contributed by atoms with Crippen LogP contribution in [0.2, 0.25) is 0 Å². The van der Waals surface area contributed by atoms with Gasteiger partial charge in [0.05, 0.1) is 0 Å². The van der Waals surface area contributed by atoms with Gasteiger partial charge in [-0.25, -0.2) is 0 Å². The van der Waals surface area contributed by atoms with Gasteiger partial charge in [0, 0.05) is 6.21 Å². The molecule has 0 amide bonds. The van der Waals surface area contributed by atoms with E-state index in [0.717, 1.165) is 0 Å². The van der Waals surface area contributed by atoms with Gasteiger partial charge in [0.1, 0.15) is 0 Å². The molecule has 3 N–H and O–H groups in total. The number of nitrogens with one attached hydrogen (secondary N) is 1. The molecule has 2 heteroatoms. The second-order valence-corrected chi connectivity index (χ2v) is 2.48. The zero-order valence-corrected chi connectivity index (χ0v) is 8.58. The van der Waals surface area contributed by atoms with Crippen LogP contribution in [0.1, 0.15) is 0 Å². The van der Waals surface area contributed by atoms with Crippen molar-refractivity contribution in [1.29, 1.82) is 5.41 Å². The van der Waals surface area contributed by atoms with E-state index in [2.05, 4.69) is 0 Å². The van der Waals surface area contributed by atoms with Crippen molar-refractivity contribution >= 4 is 6.21 Å².